The number of hydrogen-bond donors (Lipinski definition) is 0. The topological polar surface area (TPSA) is 43.6 Å². The Kier molecular flexibility index (Phi) is 2.82. The van der Waals surface area contributed by atoms with E-state index in [9.17, 15) is 0 Å². The summed E-state index contributed by atoms with van der Waals surface area (Å²) >= 11 is 3.52. The second-order valence-corrected chi connectivity index (χ2v) is 4.58. The van der Waals surface area contributed by atoms with E-state index in [1.807, 2.05) is 11.7 Å². The first-order valence-corrected chi connectivity index (χ1v) is 6.08. The summed E-state index contributed by atoms with van der Waals surface area (Å²) in [5.74, 6) is 0. The average molecular weight is 320 g/mol. The van der Waals surface area contributed by atoms with Crippen LogP contribution < -0.4 is 0 Å². The van der Waals surface area contributed by atoms with Gasteiger partial charge in [0.05, 0.1) is 11.4 Å². The number of aryl methyl sites for hydroxylation is 2. The Morgan fingerprint density at radius 2 is 2.36 bits per heavy atom. The fraction of sp³-hybridized carbons (Fsp3) is 0.375. The molecule has 0 N–H and O–H groups in total. The van der Waals surface area contributed by atoms with Gasteiger partial charge in [-0.2, -0.15) is 9.47 Å². The Labute approximate surface area is 99.7 Å². The Balaban J connectivity index is 2.45. The van der Waals surface area contributed by atoms with Crippen LogP contribution in [0.5, 0.6) is 0 Å². The van der Waals surface area contributed by atoms with Gasteiger partial charge in [-0.05, 0) is 24.0 Å². The van der Waals surface area contributed by atoms with E-state index in [0.717, 1.165) is 26.6 Å². The molecule has 6 heteroatoms. The number of rotatable bonds is 2. The molecule has 0 bridgehead atoms. The minimum Gasteiger partial charge on any atom is -0.265 e. The Bertz CT molecular complexity index is 448. The minimum atomic E-state index is 0.793. The number of aromatic nitrogens is 4. The van der Waals surface area contributed by atoms with Crippen molar-refractivity contribution in [3.63, 3.8) is 0 Å². The molecule has 0 amide bonds. The van der Waals surface area contributed by atoms with Crippen LogP contribution in [0, 0.1) is 3.83 Å². The number of hydrogen-bond acceptors (Lipinski definition) is 4. The van der Waals surface area contributed by atoms with Gasteiger partial charge in [0.2, 0.25) is 3.83 Å². The van der Waals surface area contributed by atoms with Gasteiger partial charge >= 0.3 is 0 Å². The summed E-state index contributed by atoms with van der Waals surface area (Å²) < 4.78 is 6.80. The van der Waals surface area contributed by atoms with E-state index in [-0.39, 0.29) is 0 Å². The molecule has 2 rings (SSSR count). The first kappa shape index (κ1) is 10.0. The van der Waals surface area contributed by atoms with Crippen molar-refractivity contribution >= 4 is 34.1 Å². The third-order valence-corrected chi connectivity index (χ3v) is 3.46. The molecule has 0 aromatic carbocycles. The summed E-state index contributed by atoms with van der Waals surface area (Å²) in [6, 6.07) is 2.07. The molecule has 4 nitrogen and oxygen atoms in total. The van der Waals surface area contributed by atoms with E-state index >= 15 is 0 Å². The van der Waals surface area contributed by atoms with Gasteiger partial charge in [-0.25, -0.2) is 4.98 Å². The standard InChI is InChI=1S/C8H9IN4S/c1-3-5-4-6(13(2)11-5)7-10-8(9)12-14-7/h4H,3H2,1-2H3. The first-order valence-electron chi connectivity index (χ1n) is 4.23. The Hall–Kier alpha value is -0.500. The quantitative estimate of drug-likeness (QED) is 0.796. The van der Waals surface area contributed by atoms with Gasteiger partial charge in [-0.15, -0.1) is 0 Å². The van der Waals surface area contributed by atoms with E-state index in [1.165, 1.54) is 11.5 Å². The molecule has 74 valence electrons. The zero-order valence-electron chi connectivity index (χ0n) is 7.86. The summed E-state index contributed by atoms with van der Waals surface area (Å²) in [5.41, 5.74) is 2.13. The molecule has 0 unspecified atom stereocenters. The highest BCUT2D eigenvalue weighted by Gasteiger charge is 2.10. The fourth-order valence-corrected chi connectivity index (χ4v) is 2.52. The molecule has 0 atom stereocenters. The molecule has 0 aliphatic heterocycles. The van der Waals surface area contributed by atoms with Gasteiger partial charge in [0, 0.05) is 29.6 Å². The van der Waals surface area contributed by atoms with Crippen LogP contribution in [0.4, 0.5) is 0 Å². The molecule has 2 heterocycles. The maximum Gasteiger partial charge on any atom is 0.203 e. The third kappa shape index (κ3) is 1.81. The van der Waals surface area contributed by atoms with Crippen molar-refractivity contribution in [3.8, 4) is 10.7 Å². The van der Waals surface area contributed by atoms with Crippen LogP contribution in [0.2, 0.25) is 0 Å². The highest BCUT2D eigenvalue weighted by Crippen LogP contribution is 2.22. The van der Waals surface area contributed by atoms with Crippen molar-refractivity contribution < 1.29 is 0 Å². The van der Waals surface area contributed by atoms with Gasteiger partial charge in [0.15, 0.2) is 5.01 Å². The van der Waals surface area contributed by atoms with E-state index in [0.29, 0.717) is 0 Å². The summed E-state index contributed by atoms with van der Waals surface area (Å²) in [6.07, 6.45) is 0.948. The van der Waals surface area contributed by atoms with Crippen LogP contribution >= 0.6 is 34.1 Å². The second-order valence-electron chi connectivity index (χ2n) is 2.87. The van der Waals surface area contributed by atoms with Gasteiger partial charge in [0.1, 0.15) is 0 Å². The van der Waals surface area contributed by atoms with Crippen LogP contribution in [0.25, 0.3) is 10.7 Å². The molecule has 0 radical (unpaired) electrons. The smallest absolute Gasteiger partial charge is 0.203 e. The van der Waals surface area contributed by atoms with Crippen LogP contribution in [0.1, 0.15) is 12.6 Å². The molecule has 0 fully saturated rings. The van der Waals surface area contributed by atoms with Crippen molar-refractivity contribution in [2.45, 2.75) is 13.3 Å². The van der Waals surface area contributed by atoms with Gasteiger partial charge in [-0.1, -0.05) is 6.92 Å². The van der Waals surface area contributed by atoms with Crippen LogP contribution in [-0.4, -0.2) is 19.1 Å². The van der Waals surface area contributed by atoms with E-state index in [2.05, 4.69) is 50.0 Å². The normalized spacial score (nSPS) is 10.8. The average Bonchev–Trinajstić information content (AvgIpc) is 2.71. The summed E-state index contributed by atoms with van der Waals surface area (Å²) in [5, 5.41) is 5.30. The third-order valence-electron chi connectivity index (χ3n) is 1.91. The molecular formula is C8H9IN4S. The molecule has 0 saturated carbocycles. The highest BCUT2D eigenvalue weighted by atomic mass is 127. The summed E-state index contributed by atoms with van der Waals surface area (Å²) in [7, 11) is 1.93. The van der Waals surface area contributed by atoms with Crippen molar-refractivity contribution in [2.24, 2.45) is 7.05 Å². The minimum absolute atomic E-state index is 0.793. The lowest BCUT2D eigenvalue weighted by molar-refractivity contribution is 0.752. The van der Waals surface area contributed by atoms with Crippen LogP contribution in [-0.2, 0) is 13.5 Å². The fourth-order valence-electron chi connectivity index (χ4n) is 1.21. The number of halogens is 1. The lowest BCUT2D eigenvalue weighted by Gasteiger charge is -1.93. The summed E-state index contributed by atoms with van der Waals surface area (Å²) in [6.45, 7) is 2.09. The Morgan fingerprint density at radius 3 is 2.86 bits per heavy atom. The molecule has 0 spiro atoms. The van der Waals surface area contributed by atoms with Gasteiger partial charge in [0.25, 0.3) is 0 Å². The predicted octanol–water partition coefficient (Wildman–Crippen LogP) is 2.11. The molecular weight excluding hydrogens is 311 g/mol. The lowest BCUT2D eigenvalue weighted by atomic mass is 10.3. The van der Waals surface area contributed by atoms with Gasteiger partial charge in [-0.3, -0.25) is 4.68 Å². The van der Waals surface area contributed by atoms with E-state index in [1.54, 1.807) is 0 Å². The Morgan fingerprint density at radius 1 is 1.57 bits per heavy atom. The van der Waals surface area contributed by atoms with Crippen LogP contribution in [0.3, 0.4) is 0 Å². The second kappa shape index (κ2) is 3.93. The number of nitrogens with zero attached hydrogens (tertiary/aromatic N) is 4. The monoisotopic (exact) mass is 320 g/mol. The molecule has 0 aliphatic carbocycles. The molecule has 2 aromatic rings. The predicted molar refractivity (Wildman–Crippen MR) is 64.2 cm³/mol. The SMILES string of the molecule is CCc1cc(-c2nc(I)ns2)n(C)n1. The maximum absolute atomic E-state index is 4.37. The maximum atomic E-state index is 4.37. The van der Waals surface area contributed by atoms with E-state index in [4.69, 9.17) is 0 Å². The van der Waals surface area contributed by atoms with Crippen molar-refractivity contribution in [1.29, 1.82) is 0 Å². The molecule has 14 heavy (non-hydrogen) atoms. The molecule has 0 saturated heterocycles. The lowest BCUT2D eigenvalue weighted by Crippen LogP contribution is -1.93. The van der Waals surface area contributed by atoms with Crippen molar-refractivity contribution in [1.82, 2.24) is 19.1 Å². The van der Waals surface area contributed by atoms with E-state index < -0.39 is 0 Å². The van der Waals surface area contributed by atoms with Gasteiger partial charge < -0.3 is 0 Å². The largest absolute Gasteiger partial charge is 0.265 e. The zero-order chi connectivity index (χ0) is 10.1. The van der Waals surface area contributed by atoms with Crippen molar-refractivity contribution in [3.05, 3.63) is 15.6 Å². The van der Waals surface area contributed by atoms with Crippen molar-refractivity contribution in [2.75, 3.05) is 0 Å². The first-order chi connectivity index (χ1) is 6.70. The van der Waals surface area contributed by atoms with Crippen LogP contribution in [0.15, 0.2) is 6.07 Å². The zero-order valence-corrected chi connectivity index (χ0v) is 10.8. The molecule has 2 aromatic heterocycles. The highest BCUT2D eigenvalue weighted by molar-refractivity contribution is 14.1. The molecule has 0 aliphatic rings. The summed E-state index contributed by atoms with van der Waals surface area (Å²) in [4.78, 5) is 4.32.